The van der Waals surface area contributed by atoms with Gasteiger partial charge in [0.2, 0.25) is 0 Å². The fraction of sp³-hybridized carbons (Fsp3) is 0.857. The topological polar surface area (TPSA) is 0 Å². The van der Waals surface area contributed by atoms with Gasteiger partial charge in [-0.15, -0.1) is 0 Å². The van der Waals surface area contributed by atoms with E-state index in [4.69, 9.17) is 0 Å². The average Bonchev–Trinajstić information content (AvgIpc) is 1.81. The van der Waals surface area contributed by atoms with E-state index in [2.05, 4.69) is 19.6 Å². The highest BCUT2D eigenvalue weighted by atomic mass is 32.2. The van der Waals surface area contributed by atoms with E-state index in [1.54, 1.807) is 0 Å². The Balaban J connectivity index is 2.53. The zero-order chi connectivity index (χ0) is 6.24. The zero-order valence-electron chi connectivity index (χ0n) is 5.81. The van der Waals surface area contributed by atoms with Crippen LogP contribution in [0.4, 0.5) is 0 Å². The molecule has 1 radical (unpaired) electrons. The minimum atomic E-state index is 1.23. The average molecular weight is 131 g/mol. The Hall–Kier alpha value is 0.350. The molecule has 49 valence electrons. The number of thioether (sulfide) groups is 1. The van der Waals surface area contributed by atoms with Crippen molar-refractivity contribution in [2.45, 2.75) is 33.1 Å². The van der Waals surface area contributed by atoms with E-state index in [1.165, 1.54) is 25.0 Å². The highest BCUT2D eigenvalue weighted by Gasteiger charge is 1.84. The smallest absolute Gasteiger partial charge is 0.0166 e. The van der Waals surface area contributed by atoms with Crippen LogP contribution in [0.15, 0.2) is 0 Å². The largest absolute Gasteiger partial charge is 0.158 e. The zero-order valence-corrected chi connectivity index (χ0v) is 6.63. The lowest BCUT2D eigenvalue weighted by molar-refractivity contribution is 0.806. The van der Waals surface area contributed by atoms with Crippen LogP contribution in [-0.4, -0.2) is 5.75 Å². The van der Waals surface area contributed by atoms with Gasteiger partial charge < -0.3 is 0 Å². The number of unbranched alkanes of at least 4 members (excludes halogenated alkanes) is 2. The first kappa shape index (κ1) is 8.35. The fourth-order valence-corrected chi connectivity index (χ4v) is 1.06. The summed E-state index contributed by atoms with van der Waals surface area (Å²) in [4.78, 5) is 0. The van der Waals surface area contributed by atoms with Crippen LogP contribution < -0.4 is 0 Å². The van der Waals surface area contributed by atoms with Crippen molar-refractivity contribution in [2.24, 2.45) is 0 Å². The van der Waals surface area contributed by atoms with Crippen LogP contribution in [-0.2, 0) is 0 Å². The standard InChI is InChI=1S/C7H15S/c1-3-5-6-7-8-4-2/h7H,3-6H2,1-2H3. The van der Waals surface area contributed by atoms with E-state index in [9.17, 15) is 0 Å². The molecule has 1 heteroatoms. The second-order valence-corrected chi connectivity index (χ2v) is 3.01. The van der Waals surface area contributed by atoms with Gasteiger partial charge in [-0.25, -0.2) is 0 Å². The second-order valence-electron chi connectivity index (χ2n) is 1.76. The van der Waals surface area contributed by atoms with Crippen molar-refractivity contribution >= 4 is 11.8 Å². The van der Waals surface area contributed by atoms with Crippen LogP contribution in [0.1, 0.15) is 33.1 Å². The van der Waals surface area contributed by atoms with Gasteiger partial charge in [0.05, 0.1) is 0 Å². The van der Waals surface area contributed by atoms with Gasteiger partial charge in [-0.2, -0.15) is 11.8 Å². The third-order valence-corrected chi connectivity index (χ3v) is 1.76. The molecule has 0 heterocycles. The molecule has 0 saturated heterocycles. The molecule has 0 aliphatic heterocycles. The molecule has 0 aromatic carbocycles. The number of rotatable bonds is 5. The lowest BCUT2D eigenvalue weighted by atomic mass is 10.3. The molecule has 0 atom stereocenters. The summed E-state index contributed by atoms with van der Waals surface area (Å²) in [5.41, 5.74) is 0. The van der Waals surface area contributed by atoms with Crippen molar-refractivity contribution in [3.8, 4) is 0 Å². The van der Waals surface area contributed by atoms with Gasteiger partial charge >= 0.3 is 0 Å². The van der Waals surface area contributed by atoms with Crippen molar-refractivity contribution in [3.63, 3.8) is 0 Å². The highest BCUT2D eigenvalue weighted by molar-refractivity contribution is 8.01. The van der Waals surface area contributed by atoms with Crippen molar-refractivity contribution in [3.05, 3.63) is 5.75 Å². The van der Waals surface area contributed by atoms with Gasteiger partial charge in [-0.05, 0) is 12.2 Å². The third-order valence-electron chi connectivity index (χ3n) is 0.960. The lowest BCUT2D eigenvalue weighted by Gasteiger charge is -1.93. The van der Waals surface area contributed by atoms with Gasteiger partial charge in [-0.3, -0.25) is 0 Å². The van der Waals surface area contributed by atoms with Crippen LogP contribution in [0.2, 0.25) is 0 Å². The van der Waals surface area contributed by atoms with Crippen LogP contribution in [0.5, 0.6) is 0 Å². The Morgan fingerprint density at radius 3 is 2.62 bits per heavy atom. The predicted molar refractivity (Wildman–Crippen MR) is 42.0 cm³/mol. The second kappa shape index (κ2) is 7.35. The minimum absolute atomic E-state index is 1.23. The molecule has 0 saturated carbocycles. The third kappa shape index (κ3) is 6.35. The Morgan fingerprint density at radius 2 is 2.12 bits per heavy atom. The molecule has 0 aromatic rings. The van der Waals surface area contributed by atoms with Crippen molar-refractivity contribution in [1.29, 1.82) is 0 Å². The van der Waals surface area contributed by atoms with E-state index in [-0.39, 0.29) is 0 Å². The highest BCUT2D eigenvalue weighted by Crippen LogP contribution is 2.09. The van der Waals surface area contributed by atoms with Crippen LogP contribution in [0.3, 0.4) is 0 Å². The van der Waals surface area contributed by atoms with E-state index in [0.29, 0.717) is 0 Å². The lowest BCUT2D eigenvalue weighted by Crippen LogP contribution is -1.71. The molecular weight excluding hydrogens is 116 g/mol. The van der Waals surface area contributed by atoms with Crippen LogP contribution in [0, 0.1) is 5.75 Å². The SMILES string of the molecule is CCCC[CH]SCC. The molecular formula is C7H15S. The van der Waals surface area contributed by atoms with Gasteiger partial charge in [0.25, 0.3) is 0 Å². The number of hydrogen-bond donors (Lipinski definition) is 0. The molecule has 0 aliphatic carbocycles. The molecule has 0 aromatic heterocycles. The number of hydrogen-bond acceptors (Lipinski definition) is 1. The summed E-state index contributed by atoms with van der Waals surface area (Å²) in [6, 6.07) is 0. The molecule has 8 heavy (non-hydrogen) atoms. The first-order chi connectivity index (χ1) is 3.91. The van der Waals surface area contributed by atoms with E-state index >= 15 is 0 Å². The molecule has 0 unspecified atom stereocenters. The Kier molecular flexibility index (Phi) is 7.67. The Morgan fingerprint density at radius 1 is 1.38 bits per heavy atom. The maximum atomic E-state index is 2.31. The van der Waals surface area contributed by atoms with Crippen molar-refractivity contribution in [2.75, 3.05) is 5.75 Å². The summed E-state index contributed by atoms with van der Waals surface area (Å²) in [5, 5.41) is 0. The van der Waals surface area contributed by atoms with E-state index < -0.39 is 0 Å². The minimum Gasteiger partial charge on any atom is -0.158 e. The summed E-state index contributed by atoms with van der Waals surface area (Å²) < 4.78 is 0. The molecule has 0 aliphatic rings. The molecule has 0 nitrogen and oxygen atoms in total. The van der Waals surface area contributed by atoms with Gasteiger partial charge in [-0.1, -0.05) is 26.7 Å². The van der Waals surface area contributed by atoms with Gasteiger partial charge in [0.15, 0.2) is 0 Å². The monoisotopic (exact) mass is 131 g/mol. The summed E-state index contributed by atoms with van der Waals surface area (Å²) >= 11 is 1.92. The first-order valence-electron chi connectivity index (χ1n) is 3.35. The Bertz CT molecular complexity index is 29.4. The summed E-state index contributed by atoms with van der Waals surface area (Å²) in [7, 11) is 0. The Labute approximate surface area is 57.1 Å². The molecule has 0 spiro atoms. The predicted octanol–water partition coefficient (Wildman–Crippen LogP) is 3.09. The molecule has 0 bridgehead atoms. The van der Waals surface area contributed by atoms with E-state index in [0.717, 1.165) is 0 Å². The maximum Gasteiger partial charge on any atom is 0.0166 e. The van der Waals surface area contributed by atoms with Gasteiger partial charge in [0, 0.05) is 5.75 Å². The summed E-state index contributed by atoms with van der Waals surface area (Å²) in [6.07, 6.45) is 3.96. The first-order valence-corrected chi connectivity index (χ1v) is 4.40. The van der Waals surface area contributed by atoms with Crippen LogP contribution in [0.25, 0.3) is 0 Å². The quantitative estimate of drug-likeness (QED) is 0.517. The summed E-state index contributed by atoms with van der Waals surface area (Å²) in [6.45, 7) is 4.41. The maximum absolute atomic E-state index is 2.31. The molecule has 0 rings (SSSR count). The van der Waals surface area contributed by atoms with E-state index in [1.807, 2.05) is 11.8 Å². The summed E-state index contributed by atoms with van der Waals surface area (Å²) in [5.74, 6) is 3.53. The molecule has 0 fully saturated rings. The molecule has 0 amide bonds. The van der Waals surface area contributed by atoms with Crippen molar-refractivity contribution in [1.82, 2.24) is 0 Å². The van der Waals surface area contributed by atoms with Crippen molar-refractivity contribution < 1.29 is 0 Å². The normalized spacial score (nSPS) is 9.75. The molecule has 0 N–H and O–H groups in total. The van der Waals surface area contributed by atoms with Crippen LogP contribution >= 0.6 is 11.8 Å². The van der Waals surface area contributed by atoms with Gasteiger partial charge in [0.1, 0.15) is 0 Å². The fourth-order valence-electron chi connectivity index (χ4n) is 0.489.